The van der Waals surface area contributed by atoms with Gasteiger partial charge >= 0.3 is 5.97 Å². The van der Waals surface area contributed by atoms with E-state index in [-0.39, 0.29) is 17.5 Å². The van der Waals surface area contributed by atoms with Gasteiger partial charge in [0.25, 0.3) is 0 Å². The molecule has 0 aliphatic heterocycles. The first kappa shape index (κ1) is 10.8. The van der Waals surface area contributed by atoms with Gasteiger partial charge in [0.2, 0.25) is 17.5 Å². The SMILES string of the molecule is CCOC(=O)C=Cc1nc(C#N)c(N)o1. The number of nitriles is 1. The molecule has 1 heterocycles. The highest BCUT2D eigenvalue weighted by Crippen LogP contribution is 2.12. The highest BCUT2D eigenvalue weighted by molar-refractivity contribution is 5.86. The third-order valence-electron chi connectivity index (χ3n) is 1.42. The largest absolute Gasteiger partial charge is 0.463 e. The smallest absolute Gasteiger partial charge is 0.330 e. The molecule has 78 valence electrons. The molecule has 1 aromatic heterocycles. The Bertz CT molecular complexity index is 428. The van der Waals surface area contributed by atoms with Crippen molar-refractivity contribution in [2.24, 2.45) is 0 Å². The van der Waals surface area contributed by atoms with Crippen molar-refractivity contribution < 1.29 is 13.9 Å². The normalized spacial score (nSPS) is 10.1. The Morgan fingerprint density at radius 1 is 1.80 bits per heavy atom. The number of hydrogen-bond acceptors (Lipinski definition) is 6. The van der Waals surface area contributed by atoms with E-state index in [1.807, 2.05) is 0 Å². The first-order chi connectivity index (χ1) is 7.17. The van der Waals surface area contributed by atoms with Gasteiger partial charge in [0.05, 0.1) is 6.61 Å². The van der Waals surface area contributed by atoms with Gasteiger partial charge in [0.1, 0.15) is 6.07 Å². The summed E-state index contributed by atoms with van der Waals surface area (Å²) in [6.07, 6.45) is 2.44. The van der Waals surface area contributed by atoms with E-state index >= 15 is 0 Å². The number of carbonyl (C=O) groups excluding carboxylic acids is 1. The average molecular weight is 207 g/mol. The fraction of sp³-hybridized carbons (Fsp3) is 0.222. The summed E-state index contributed by atoms with van der Waals surface area (Å²) in [5.41, 5.74) is 5.31. The van der Waals surface area contributed by atoms with Crippen LogP contribution in [0.3, 0.4) is 0 Å². The van der Waals surface area contributed by atoms with E-state index in [0.717, 1.165) is 6.08 Å². The Balaban J connectivity index is 2.73. The van der Waals surface area contributed by atoms with Crippen LogP contribution in [-0.2, 0) is 9.53 Å². The van der Waals surface area contributed by atoms with Gasteiger partial charge in [-0.15, -0.1) is 0 Å². The first-order valence-electron chi connectivity index (χ1n) is 4.18. The number of esters is 1. The molecule has 0 bridgehead atoms. The summed E-state index contributed by atoms with van der Waals surface area (Å²) in [5.74, 6) is -0.481. The summed E-state index contributed by atoms with van der Waals surface area (Å²) in [4.78, 5) is 14.6. The van der Waals surface area contributed by atoms with Crippen molar-refractivity contribution in [1.82, 2.24) is 4.98 Å². The minimum atomic E-state index is -0.507. The monoisotopic (exact) mass is 207 g/mol. The van der Waals surface area contributed by atoms with Crippen molar-refractivity contribution in [1.29, 1.82) is 5.26 Å². The molecule has 1 aromatic rings. The first-order valence-corrected chi connectivity index (χ1v) is 4.18. The number of aromatic nitrogens is 1. The van der Waals surface area contributed by atoms with E-state index in [9.17, 15) is 4.79 Å². The molecule has 6 nitrogen and oxygen atoms in total. The molecule has 6 heteroatoms. The Kier molecular flexibility index (Phi) is 3.46. The van der Waals surface area contributed by atoms with Crippen LogP contribution in [0.25, 0.3) is 6.08 Å². The molecule has 15 heavy (non-hydrogen) atoms. The predicted octanol–water partition coefficient (Wildman–Crippen LogP) is 0.705. The summed E-state index contributed by atoms with van der Waals surface area (Å²) < 4.78 is 9.52. The number of nitrogens with two attached hydrogens (primary N) is 1. The summed E-state index contributed by atoms with van der Waals surface area (Å²) in [5, 5.41) is 8.53. The lowest BCUT2D eigenvalue weighted by Crippen LogP contribution is -1.98. The molecule has 0 saturated carbocycles. The zero-order valence-electron chi connectivity index (χ0n) is 8.06. The van der Waals surface area contributed by atoms with Crippen molar-refractivity contribution in [2.45, 2.75) is 6.92 Å². The predicted molar refractivity (Wildman–Crippen MR) is 51.3 cm³/mol. The minimum absolute atomic E-state index is 0.00138. The highest BCUT2D eigenvalue weighted by atomic mass is 16.5. The fourth-order valence-corrected chi connectivity index (χ4v) is 0.830. The fourth-order valence-electron chi connectivity index (χ4n) is 0.830. The third kappa shape index (κ3) is 2.84. The van der Waals surface area contributed by atoms with Crippen LogP contribution < -0.4 is 5.73 Å². The van der Waals surface area contributed by atoms with Crippen molar-refractivity contribution >= 4 is 17.9 Å². The molecule has 0 fully saturated rings. The minimum Gasteiger partial charge on any atom is -0.463 e. The number of rotatable bonds is 3. The van der Waals surface area contributed by atoms with E-state index < -0.39 is 5.97 Å². The molecule has 0 amide bonds. The van der Waals surface area contributed by atoms with E-state index in [2.05, 4.69) is 9.72 Å². The van der Waals surface area contributed by atoms with Crippen LogP contribution in [0.15, 0.2) is 10.5 Å². The Morgan fingerprint density at radius 3 is 3.07 bits per heavy atom. The van der Waals surface area contributed by atoms with E-state index in [1.165, 1.54) is 6.08 Å². The second-order valence-electron chi connectivity index (χ2n) is 2.46. The Labute approximate surface area is 86.0 Å². The quantitative estimate of drug-likeness (QED) is 0.578. The van der Waals surface area contributed by atoms with Crippen molar-refractivity contribution in [2.75, 3.05) is 12.3 Å². The molecule has 0 aliphatic rings. The summed E-state index contributed by atoms with van der Waals surface area (Å²) >= 11 is 0. The number of anilines is 1. The summed E-state index contributed by atoms with van der Waals surface area (Å²) in [6, 6.07) is 1.75. The lowest BCUT2D eigenvalue weighted by atomic mass is 10.5. The maximum atomic E-state index is 10.9. The van der Waals surface area contributed by atoms with Gasteiger partial charge in [0.15, 0.2) is 0 Å². The molecule has 0 spiro atoms. The molecule has 0 radical (unpaired) electrons. The maximum Gasteiger partial charge on any atom is 0.330 e. The van der Waals surface area contributed by atoms with Crippen LogP contribution in [0.2, 0.25) is 0 Å². The maximum absolute atomic E-state index is 10.9. The number of hydrogen-bond donors (Lipinski definition) is 1. The third-order valence-corrected chi connectivity index (χ3v) is 1.42. The van der Waals surface area contributed by atoms with Gasteiger partial charge in [-0.05, 0) is 6.92 Å². The zero-order chi connectivity index (χ0) is 11.3. The number of ether oxygens (including phenoxy) is 1. The van der Waals surface area contributed by atoms with Crippen LogP contribution in [-0.4, -0.2) is 17.6 Å². The van der Waals surface area contributed by atoms with Crippen LogP contribution >= 0.6 is 0 Å². The molecule has 0 unspecified atom stereocenters. The topological polar surface area (TPSA) is 102 Å². The number of oxazole rings is 1. The van der Waals surface area contributed by atoms with Gasteiger partial charge in [-0.25, -0.2) is 4.79 Å². The lowest BCUT2D eigenvalue weighted by molar-refractivity contribution is -0.137. The molecule has 2 N–H and O–H groups in total. The van der Waals surface area contributed by atoms with Crippen molar-refractivity contribution in [3.05, 3.63) is 17.7 Å². The number of nitrogen functional groups attached to an aromatic ring is 1. The van der Waals surface area contributed by atoms with Gasteiger partial charge < -0.3 is 14.9 Å². The van der Waals surface area contributed by atoms with Crippen molar-refractivity contribution in [3.63, 3.8) is 0 Å². The summed E-state index contributed by atoms with van der Waals surface area (Å²) in [7, 11) is 0. The molecule has 0 aliphatic carbocycles. The van der Waals surface area contributed by atoms with Gasteiger partial charge in [-0.2, -0.15) is 10.2 Å². The lowest BCUT2D eigenvalue weighted by Gasteiger charge is -1.92. The van der Waals surface area contributed by atoms with E-state index in [0.29, 0.717) is 6.61 Å². The van der Waals surface area contributed by atoms with Crippen LogP contribution in [0.4, 0.5) is 5.88 Å². The zero-order valence-corrected chi connectivity index (χ0v) is 8.06. The van der Waals surface area contributed by atoms with Gasteiger partial charge in [0, 0.05) is 12.2 Å². The molecular weight excluding hydrogens is 198 g/mol. The molecular formula is C9H9N3O3. The number of carbonyl (C=O) groups is 1. The Morgan fingerprint density at radius 2 is 2.53 bits per heavy atom. The number of nitrogens with zero attached hydrogens (tertiary/aromatic N) is 2. The molecule has 0 atom stereocenters. The van der Waals surface area contributed by atoms with E-state index in [1.54, 1.807) is 13.0 Å². The standard InChI is InChI=1S/C9H9N3O3/c1-2-14-8(13)4-3-7-12-6(5-10)9(11)15-7/h3-4H,2,11H2,1H3. The molecule has 0 aromatic carbocycles. The van der Waals surface area contributed by atoms with Gasteiger partial charge in [-0.3, -0.25) is 0 Å². The Hall–Kier alpha value is -2.29. The molecule has 1 rings (SSSR count). The van der Waals surface area contributed by atoms with Crippen LogP contribution in [0.5, 0.6) is 0 Å². The highest BCUT2D eigenvalue weighted by Gasteiger charge is 2.07. The van der Waals surface area contributed by atoms with Crippen LogP contribution in [0.1, 0.15) is 18.5 Å². The molecule has 0 saturated heterocycles. The van der Waals surface area contributed by atoms with E-state index in [4.69, 9.17) is 15.4 Å². The second-order valence-corrected chi connectivity index (χ2v) is 2.46. The second kappa shape index (κ2) is 4.81. The van der Waals surface area contributed by atoms with Crippen LogP contribution in [0, 0.1) is 11.3 Å². The average Bonchev–Trinajstić information content (AvgIpc) is 2.56. The summed E-state index contributed by atoms with van der Waals surface area (Å²) in [6.45, 7) is 1.99. The van der Waals surface area contributed by atoms with Gasteiger partial charge in [-0.1, -0.05) is 0 Å². The van der Waals surface area contributed by atoms with Crippen molar-refractivity contribution in [3.8, 4) is 6.07 Å².